The van der Waals surface area contributed by atoms with Crippen LogP contribution in [0.4, 0.5) is 5.69 Å². The summed E-state index contributed by atoms with van der Waals surface area (Å²) < 4.78 is 11.9. The summed E-state index contributed by atoms with van der Waals surface area (Å²) in [6, 6.07) is 21.3. The van der Waals surface area contributed by atoms with Gasteiger partial charge in [0.15, 0.2) is 0 Å². The van der Waals surface area contributed by atoms with Gasteiger partial charge in [0.1, 0.15) is 11.5 Å². The zero-order valence-corrected chi connectivity index (χ0v) is 24.3. The van der Waals surface area contributed by atoms with E-state index in [0.29, 0.717) is 27.1 Å². The Morgan fingerprint density at radius 3 is 2.16 bits per heavy atom. The van der Waals surface area contributed by atoms with Crippen LogP contribution in [0.15, 0.2) is 85.1 Å². The van der Waals surface area contributed by atoms with E-state index in [1.54, 1.807) is 54.6 Å². The van der Waals surface area contributed by atoms with Gasteiger partial charge < -0.3 is 25.2 Å². The Balaban J connectivity index is 1.08. The van der Waals surface area contributed by atoms with Crippen molar-refractivity contribution in [1.29, 1.82) is 0 Å². The summed E-state index contributed by atoms with van der Waals surface area (Å²) in [6.07, 6.45) is 4.59. The molecule has 1 aliphatic carbocycles. The van der Waals surface area contributed by atoms with Crippen molar-refractivity contribution in [2.75, 3.05) is 5.32 Å². The topological polar surface area (TPSA) is 127 Å². The highest BCUT2D eigenvalue weighted by molar-refractivity contribution is 6.42. The van der Waals surface area contributed by atoms with Gasteiger partial charge in [-0.2, -0.15) is 0 Å². The normalized spacial score (nSPS) is 16.1. The van der Waals surface area contributed by atoms with E-state index in [-0.39, 0.29) is 40.7 Å². The van der Waals surface area contributed by atoms with E-state index in [1.807, 2.05) is 12.1 Å². The molecule has 9 nitrogen and oxygen atoms in total. The minimum atomic E-state index is -1.14. The lowest BCUT2D eigenvalue weighted by Crippen LogP contribution is -2.39. The lowest BCUT2D eigenvalue weighted by atomic mass is 9.92. The summed E-state index contributed by atoms with van der Waals surface area (Å²) in [7, 11) is 0. The summed E-state index contributed by atoms with van der Waals surface area (Å²) in [5, 5.41) is 15.7. The second-order valence-electron chi connectivity index (χ2n) is 9.96. The standard InChI is InChI=1S/C32H27Cl2N3O6/c33-26-15-5-19(17-27(26)34)30(38)36-21-7-9-22(10-8-21)42-23-11-13-24(14-12-23)43-29-16-6-20(18-35-29)31(39)37-28-4-2-1-3-25(28)32(40)41/h1-6,11-18,21-22H,7-10H2,(H,36,38)(H,37,39)(H,40,41). The molecule has 0 bridgehead atoms. The van der Waals surface area contributed by atoms with Crippen molar-refractivity contribution in [3.05, 3.63) is 112 Å². The van der Waals surface area contributed by atoms with Crippen LogP contribution in [0.5, 0.6) is 17.4 Å². The first-order valence-electron chi connectivity index (χ1n) is 13.6. The third-order valence-corrected chi connectivity index (χ3v) is 7.68. The van der Waals surface area contributed by atoms with Gasteiger partial charge in [-0.25, -0.2) is 9.78 Å². The van der Waals surface area contributed by atoms with Crippen LogP contribution in [0.3, 0.4) is 0 Å². The van der Waals surface area contributed by atoms with Gasteiger partial charge in [0.05, 0.1) is 33.0 Å². The van der Waals surface area contributed by atoms with Gasteiger partial charge in [-0.05, 0) is 86.3 Å². The number of aromatic nitrogens is 1. The van der Waals surface area contributed by atoms with Gasteiger partial charge >= 0.3 is 5.97 Å². The highest BCUT2D eigenvalue weighted by Gasteiger charge is 2.24. The van der Waals surface area contributed by atoms with E-state index in [2.05, 4.69) is 15.6 Å². The van der Waals surface area contributed by atoms with Gasteiger partial charge in [0, 0.05) is 23.9 Å². The van der Waals surface area contributed by atoms with Crippen LogP contribution < -0.4 is 20.1 Å². The first kappa shape index (κ1) is 29.9. The van der Waals surface area contributed by atoms with Crippen molar-refractivity contribution in [1.82, 2.24) is 10.3 Å². The Bertz CT molecular complexity index is 1620. The van der Waals surface area contributed by atoms with Crippen LogP contribution in [0, 0.1) is 0 Å². The molecule has 43 heavy (non-hydrogen) atoms. The number of carbonyl (C=O) groups excluding carboxylic acids is 2. The molecule has 1 aromatic heterocycles. The summed E-state index contributed by atoms with van der Waals surface area (Å²) in [4.78, 5) is 40.7. The Kier molecular flexibility index (Phi) is 9.44. The van der Waals surface area contributed by atoms with Crippen molar-refractivity contribution in [3.8, 4) is 17.4 Å². The van der Waals surface area contributed by atoms with Crippen molar-refractivity contribution < 1.29 is 29.0 Å². The van der Waals surface area contributed by atoms with Crippen LogP contribution >= 0.6 is 23.2 Å². The third-order valence-electron chi connectivity index (χ3n) is 6.94. The molecule has 3 aromatic carbocycles. The molecule has 0 radical (unpaired) electrons. The molecule has 4 aromatic rings. The molecule has 0 unspecified atom stereocenters. The van der Waals surface area contributed by atoms with E-state index < -0.39 is 11.9 Å². The van der Waals surface area contributed by atoms with Crippen molar-refractivity contribution >= 4 is 46.7 Å². The zero-order valence-electron chi connectivity index (χ0n) is 22.8. The minimum Gasteiger partial charge on any atom is -0.490 e. The molecule has 0 atom stereocenters. The number of rotatable bonds is 9. The number of hydrogen-bond donors (Lipinski definition) is 3. The molecule has 1 heterocycles. The summed E-state index contributed by atoms with van der Waals surface area (Å²) >= 11 is 12.0. The third kappa shape index (κ3) is 7.82. The fourth-order valence-electron chi connectivity index (χ4n) is 4.68. The molecule has 2 amide bonds. The molecule has 5 rings (SSSR count). The Hall–Kier alpha value is -4.60. The number of ether oxygens (including phenoxy) is 2. The lowest BCUT2D eigenvalue weighted by Gasteiger charge is -2.29. The quantitative estimate of drug-likeness (QED) is 0.180. The number of benzene rings is 3. The zero-order chi connectivity index (χ0) is 30.3. The molecule has 1 aliphatic rings. The van der Waals surface area contributed by atoms with E-state index in [0.717, 1.165) is 25.7 Å². The molecule has 1 saturated carbocycles. The number of nitrogens with zero attached hydrogens (tertiary/aromatic N) is 1. The number of carboxylic acids is 1. The fourth-order valence-corrected chi connectivity index (χ4v) is 4.98. The molecule has 11 heteroatoms. The first-order valence-corrected chi connectivity index (χ1v) is 14.3. The van der Waals surface area contributed by atoms with Gasteiger partial charge in [0.2, 0.25) is 5.88 Å². The van der Waals surface area contributed by atoms with E-state index in [4.69, 9.17) is 32.7 Å². The molecule has 0 saturated heterocycles. The van der Waals surface area contributed by atoms with Crippen molar-refractivity contribution in [3.63, 3.8) is 0 Å². The number of hydrogen-bond acceptors (Lipinski definition) is 6. The molecule has 0 aliphatic heterocycles. The van der Waals surface area contributed by atoms with E-state index >= 15 is 0 Å². The predicted molar refractivity (Wildman–Crippen MR) is 163 cm³/mol. The highest BCUT2D eigenvalue weighted by Crippen LogP contribution is 2.28. The maximum absolute atomic E-state index is 12.6. The summed E-state index contributed by atoms with van der Waals surface area (Å²) in [5.74, 6) is -0.260. The first-order chi connectivity index (χ1) is 20.7. The van der Waals surface area contributed by atoms with Crippen molar-refractivity contribution in [2.24, 2.45) is 0 Å². The van der Waals surface area contributed by atoms with E-state index in [9.17, 15) is 19.5 Å². The number of amides is 2. The number of aromatic carboxylic acids is 1. The summed E-state index contributed by atoms with van der Waals surface area (Å²) in [6.45, 7) is 0. The maximum atomic E-state index is 12.6. The van der Waals surface area contributed by atoms with Crippen LogP contribution in [0.1, 0.15) is 56.8 Å². The molecular weight excluding hydrogens is 593 g/mol. The Morgan fingerprint density at radius 1 is 0.791 bits per heavy atom. The Labute approximate surface area is 257 Å². The van der Waals surface area contributed by atoms with Gasteiger partial charge in [-0.1, -0.05) is 35.3 Å². The molecule has 1 fully saturated rings. The number of carbonyl (C=O) groups is 3. The predicted octanol–water partition coefficient (Wildman–Crippen LogP) is 7.25. The van der Waals surface area contributed by atoms with Gasteiger partial charge in [-0.3, -0.25) is 9.59 Å². The average molecular weight is 620 g/mol. The molecule has 220 valence electrons. The summed E-state index contributed by atoms with van der Waals surface area (Å²) in [5.41, 5.74) is 0.918. The average Bonchev–Trinajstić information content (AvgIpc) is 3.01. The van der Waals surface area contributed by atoms with Crippen LogP contribution in [-0.2, 0) is 0 Å². The second kappa shape index (κ2) is 13.6. The SMILES string of the molecule is O=C(Nc1ccccc1C(=O)O)c1ccc(Oc2ccc(OC3CCC(NC(=O)c4ccc(Cl)c(Cl)c4)CC3)cc2)nc1. The second-order valence-corrected chi connectivity index (χ2v) is 10.8. The smallest absolute Gasteiger partial charge is 0.337 e. The molecule has 3 N–H and O–H groups in total. The van der Waals surface area contributed by atoms with E-state index in [1.165, 1.54) is 18.3 Å². The highest BCUT2D eigenvalue weighted by atomic mass is 35.5. The number of halogens is 2. The molecular formula is C32H27Cl2N3O6. The van der Waals surface area contributed by atoms with Crippen molar-refractivity contribution in [2.45, 2.75) is 37.8 Å². The maximum Gasteiger partial charge on any atom is 0.337 e. The van der Waals surface area contributed by atoms with Gasteiger partial charge in [-0.15, -0.1) is 0 Å². The van der Waals surface area contributed by atoms with Crippen LogP contribution in [0.2, 0.25) is 10.0 Å². The number of anilines is 1. The van der Waals surface area contributed by atoms with Gasteiger partial charge in [0.25, 0.3) is 11.8 Å². The molecule has 0 spiro atoms. The lowest BCUT2D eigenvalue weighted by molar-refractivity contribution is 0.0697. The minimum absolute atomic E-state index is 0.00583. The van der Waals surface area contributed by atoms with Crippen LogP contribution in [0.25, 0.3) is 0 Å². The largest absolute Gasteiger partial charge is 0.490 e. The number of pyridine rings is 1. The monoisotopic (exact) mass is 619 g/mol. The van der Waals surface area contributed by atoms with Crippen LogP contribution in [-0.4, -0.2) is 40.0 Å². The fraction of sp³-hybridized carbons (Fsp3) is 0.188. The Morgan fingerprint density at radius 2 is 1.49 bits per heavy atom. The number of carboxylic acid groups (broad SMARTS) is 1. The number of nitrogens with one attached hydrogen (secondary N) is 2. The number of para-hydroxylation sites is 1.